The lowest BCUT2D eigenvalue weighted by Crippen LogP contribution is -2.42. The van der Waals surface area contributed by atoms with Gasteiger partial charge in [-0.2, -0.15) is 0 Å². The molecule has 1 heterocycles. The van der Waals surface area contributed by atoms with Crippen LogP contribution in [0.1, 0.15) is 78.5 Å². The molecule has 3 rings (SSSR count). The molecule has 1 aliphatic heterocycles. The number of hydrogen-bond donors (Lipinski definition) is 1. The molecule has 0 bridgehead atoms. The second-order valence-electron chi connectivity index (χ2n) is 9.66. The van der Waals surface area contributed by atoms with Crippen LogP contribution in [0, 0.1) is 0 Å². The summed E-state index contributed by atoms with van der Waals surface area (Å²) in [6.45, 7) is 14.1. The van der Waals surface area contributed by atoms with Gasteiger partial charge in [0.15, 0.2) is 0 Å². The van der Waals surface area contributed by atoms with Gasteiger partial charge >= 0.3 is 13.2 Å². The van der Waals surface area contributed by atoms with Crippen molar-refractivity contribution in [2.24, 2.45) is 0 Å². The molecule has 27 heavy (non-hydrogen) atoms. The summed E-state index contributed by atoms with van der Waals surface area (Å²) in [5.41, 5.74) is 2.23. The van der Waals surface area contributed by atoms with Crippen LogP contribution in [0.3, 0.4) is 0 Å². The minimum Gasteiger partial charge on any atom is -0.441 e. The van der Waals surface area contributed by atoms with E-state index in [1.165, 1.54) is 5.56 Å². The number of benzene rings is 1. The standard InChI is InChI=1S/C21H32BNO4/c1-19(2,3)23-18(24)25-17-13-9-10-14-15(17)11-8-12-16(14)22-26-20(4,5)21(6,7)27-22/h8,11-12,17H,9-10,13H2,1-7H3,(H,23,24). The maximum Gasteiger partial charge on any atom is 0.495 e. The number of carbonyl (C=O) groups is 1. The van der Waals surface area contributed by atoms with Crippen LogP contribution in [0.5, 0.6) is 0 Å². The first-order valence-corrected chi connectivity index (χ1v) is 9.86. The third-order valence-corrected chi connectivity index (χ3v) is 5.72. The number of rotatable bonds is 2. The third kappa shape index (κ3) is 4.17. The summed E-state index contributed by atoms with van der Waals surface area (Å²) in [6.07, 6.45) is 2.13. The summed E-state index contributed by atoms with van der Waals surface area (Å²) in [5.74, 6) is 0. The summed E-state index contributed by atoms with van der Waals surface area (Å²) in [4.78, 5) is 12.3. The molecule has 5 nitrogen and oxygen atoms in total. The molecule has 0 radical (unpaired) electrons. The lowest BCUT2D eigenvalue weighted by atomic mass is 9.71. The van der Waals surface area contributed by atoms with E-state index in [1.54, 1.807) is 0 Å². The molecule has 1 fully saturated rings. The van der Waals surface area contributed by atoms with Crippen LogP contribution in [-0.2, 0) is 20.5 Å². The van der Waals surface area contributed by atoms with Crippen molar-refractivity contribution in [3.63, 3.8) is 0 Å². The van der Waals surface area contributed by atoms with E-state index < -0.39 is 7.12 Å². The lowest BCUT2D eigenvalue weighted by molar-refractivity contribution is 0.00578. The first-order chi connectivity index (χ1) is 12.4. The van der Waals surface area contributed by atoms with Crippen molar-refractivity contribution in [2.75, 3.05) is 0 Å². The second-order valence-corrected chi connectivity index (χ2v) is 9.66. The van der Waals surface area contributed by atoms with Crippen molar-refractivity contribution in [1.29, 1.82) is 0 Å². The van der Waals surface area contributed by atoms with Crippen molar-refractivity contribution < 1.29 is 18.8 Å². The fourth-order valence-corrected chi connectivity index (χ4v) is 3.61. The monoisotopic (exact) mass is 373 g/mol. The fourth-order valence-electron chi connectivity index (χ4n) is 3.61. The summed E-state index contributed by atoms with van der Waals surface area (Å²) >= 11 is 0. The molecule has 6 heteroatoms. The zero-order chi connectivity index (χ0) is 20.0. The van der Waals surface area contributed by atoms with Gasteiger partial charge in [-0.3, -0.25) is 0 Å². The van der Waals surface area contributed by atoms with Crippen molar-refractivity contribution in [3.8, 4) is 0 Å². The topological polar surface area (TPSA) is 56.8 Å². The molecule has 1 atom stereocenters. The summed E-state index contributed by atoms with van der Waals surface area (Å²) in [6, 6.07) is 6.12. The first-order valence-electron chi connectivity index (χ1n) is 9.86. The van der Waals surface area contributed by atoms with E-state index in [9.17, 15) is 4.79 Å². The van der Waals surface area contributed by atoms with E-state index in [0.29, 0.717) is 0 Å². The lowest BCUT2D eigenvalue weighted by Gasteiger charge is -2.32. The number of carbonyl (C=O) groups excluding carboxylic acids is 1. The number of fused-ring (bicyclic) bond motifs is 1. The zero-order valence-corrected chi connectivity index (χ0v) is 17.6. The molecule has 1 N–H and O–H groups in total. The van der Waals surface area contributed by atoms with Crippen LogP contribution in [0.15, 0.2) is 18.2 Å². The Labute approximate surface area is 163 Å². The van der Waals surface area contributed by atoms with Gasteiger partial charge in [0.1, 0.15) is 6.10 Å². The van der Waals surface area contributed by atoms with Crippen molar-refractivity contribution in [1.82, 2.24) is 5.32 Å². The van der Waals surface area contributed by atoms with Gasteiger partial charge in [0.05, 0.1) is 11.2 Å². The van der Waals surface area contributed by atoms with Gasteiger partial charge in [0.25, 0.3) is 0 Å². The first kappa shape index (κ1) is 20.2. The molecule has 1 aromatic rings. The average Bonchev–Trinajstić information content (AvgIpc) is 2.73. The van der Waals surface area contributed by atoms with Crippen molar-refractivity contribution >= 4 is 18.7 Å². The molecule has 1 aromatic carbocycles. The Kier molecular flexibility index (Phi) is 5.11. The Balaban J connectivity index is 1.85. The van der Waals surface area contributed by atoms with Gasteiger partial charge in [-0.15, -0.1) is 0 Å². The maximum atomic E-state index is 12.3. The molecular formula is C21H32BNO4. The smallest absolute Gasteiger partial charge is 0.441 e. The van der Waals surface area contributed by atoms with E-state index in [2.05, 4.69) is 45.1 Å². The highest BCUT2D eigenvalue weighted by atomic mass is 16.7. The van der Waals surface area contributed by atoms with Gasteiger partial charge in [-0.1, -0.05) is 18.2 Å². The SMILES string of the molecule is CC(C)(C)NC(=O)OC1CCCc2c(B3OC(C)(C)C(C)(C)O3)cccc21. The Morgan fingerprint density at radius 3 is 2.41 bits per heavy atom. The Morgan fingerprint density at radius 2 is 1.81 bits per heavy atom. The van der Waals surface area contributed by atoms with E-state index in [1.807, 2.05) is 26.8 Å². The number of amides is 1. The number of nitrogens with one attached hydrogen (secondary N) is 1. The Hall–Kier alpha value is -1.53. The number of alkyl carbamates (subject to hydrolysis) is 1. The second kappa shape index (κ2) is 6.82. The Bertz CT molecular complexity index is 707. The number of ether oxygens (including phenoxy) is 1. The molecule has 0 saturated carbocycles. The van der Waals surface area contributed by atoms with Crippen LogP contribution >= 0.6 is 0 Å². The minimum atomic E-state index is -0.396. The molecule has 1 saturated heterocycles. The normalized spacial score (nSPS) is 23.7. The molecule has 2 aliphatic rings. The largest absolute Gasteiger partial charge is 0.495 e. The number of hydrogen-bond acceptors (Lipinski definition) is 4. The van der Waals surface area contributed by atoms with E-state index in [4.69, 9.17) is 14.0 Å². The summed E-state index contributed by atoms with van der Waals surface area (Å²) in [7, 11) is -0.396. The highest BCUT2D eigenvalue weighted by molar-refractivity contribution is 6.62. The molecule has 1 amide bonds. The molecule has 1 aliphatic carbocycles. The quantitative estimate of drug-likeness (QED) is 0.800. The maximum absolute atomic E-state index is 12.3. The summed E-state index contributed by atoms with van der Waals surface area (Å²) < 4.78 is 18.3. The van der Waals surface area contributed by atoms with Crippen molar-refractivity contribution in [2.45, 2.75) is 90.6 Å². The van der Waals surface area contributed by atoms with E-state index in [-0.39, 0.29) is 28.9 Å². The van der Waals surface area contributed by atoms with Gasteiger partial charge in [-0.25, -0.2) is 4.79 Å². The fraction of sp³-hybridized carbons (Fsp3) is 0.667. The van der Waals surface area contributed by atoms with Gasteiger partial charge < -0.3 is 19.4 Å². The van der Waals surface area contributed by atoms with Crippen LogP contribution in [-0.4, -0.2) is 30.0 Å². The van der Waals surface area contributed by atoms with Crippen LogP contribution in [0.4, 0.5) is 4.79 Å². The minimum absolute atomic E-state index is 0.238. The van der Waals surface area contributed by atoms with Crippen LogP contribution in [0.25, 0.3) is 0 Å². The predicted octanol–water partition coefficient (Wildman–Crippen LogP) is 3.89. The highest BCUT2D eigenvalue weighted by Gasteiger charge is 2.52. The van der Waals surface area contributed by atoms with Crippen LogP contribution in [0.2, 0.25) is 0 Å². The van der Waals surface area contributed by atoms with Crippen molar-refractivity contribution in [3.05, 3.63) is 29.3 Å². The van der Waals surface area contributed by atoms with Crippen LogP contribution < -0.4 is 10.8 Å². The Morgan fingerprint density at radius 1 is 1.19 bits per heavy atom. The highest BCUT2D eigenvalue weighted by Crippen LogP contribution is 2.38. The van der Waals surface area contributed by atoms with Gasteiger partial charge in [-0.05, 0) is 84.3 Å². The predicted molar refractivity (Wildman–Crippen MR) is 107 cm³/mol. The third-order valence-electron chi connectivity index (χ3n) is 5.72. The van der Waals surface area contributed by atoms with E-state index >= 15 is 0 Å². The molecule has 0 spiro atoms. The average molecular weight is 373 g/mol. The van der Waals surface area contributed by atoms with Gasteiger partial charge in [0.2, 0.25) is 0 Å². The molecule has 0 aromatic heterocycles. The summed E-state index contributed by atoms with van der Waals surface area (Å²) in [5, 5.41) is 2.88. The molecule has 148 valence electrons. The zero-order valence-electron chi connectivity index (χ0n) is 17.6. The molecular weight excluding hydrogens is 341 g/mol. The van der Waals surface area contributed by atoms with E-state index in [0.717, 1.165) is 30.3 Å². The van der Waals surface area contributed by atoms with Gasteiger partial charge in [0, 0.05) is 5.54 Å². The molecule has 1 unspecified atom stereocenters.